The van der Waals surface area contributed by atoms with E-state index in [0.29, 0.717) is 12.6 Å². The molecule has 0 spiro atoms. The van der Waals surface area contributed by atoms with E-state index in [1.807, 2.05) is 18.5 Å². The van der Waals surface area contributed by atoms with Gasteiger partial charge in [0.2, 0.25) is 0 Å². The van der Waals surface area contributed by atoms with Gasteiger partial charge in [-0.2, -0.15) is 0 Å². The zero-order chi connectivity index (χ0) is 20.5. The number of nitrogens with zero attached hydrogens (tertiary/aromatic N) is 5. The van der Waals surface area contributed by atoms with E-state index in [1.165, 1.54) is 64.3 Å². The molecule has 164 valence electrons. The summed E-state index contributed by atoms with van der Waals surface area (Å²) in [6.45, 7) is 9.09. The number of aryl methyl sites for hydroxylation is 1. The highest BCUT2D eigenvalue weighted by atomic mass is 15.3. The van der Waals surface area contributed by atoms with E-state index in [-0.39, 0.29) is 0 Å². The van der Waals surface area contributed by atoms with Gasteiger partial charge >= 0.3 is 0 Å². The first-order valence-corrected chi connectivity index (χ1v) is 11.8. The topological polar surface area (TPSA) is 70.4 Å². The fourth-order valence-electron chi connectivity index (χ4n) is 4.74. The molecule has 1 aliphatic heterocycles. The molecule has 2 fully saturated rings. The Labute approximate surface area is 176 Å². The molecule has 2 N–H and O–H groups in total. The largest absolute Gasteiger partial charge is 0.356 e. The van der Waals surface area contributed by atoms with Gasteiger partial charge in [0, 0.05) is 26.2 Å². The van der Waals surface area contributed by atoms with Crippen LogP contribution in [-0.4, -0.2) is 57.8 Å². The minimum atomic E-state index is 0.553. The third-order valence-electron chi connectivity index (χ3n) is 6.78. The molecule has 2 heterocycles. The van der Waals surface area contributed by atoms with Crippen molar-refractivity contribution in [2.75, 3.05) is 26.2 Å². The molecule has 1 aromatic rings. The van der Waals surface area contributed by atoms with Crippen molar-refractivity contribution in [2.45, 2.75) is 84.2 Å². The van der Waals surface area contributed by atoms with Gasteiger partial charge in [0.25, 0.3) is 0 Å². The van der Waals surface area contributed by atoms with Crippen molar-refractivity contribution in [3.05, 3.63) is 11.6 Å². The maximum atomic E-state index is 4.82. The Morgan fingerprint density at radius 3 is 2.66 bits per heavy atom. The first-order valence-electron chi connectivity index (χ1n) is 11.8. The first-order chi connectivity index (χ1) is 14.2. The molecule has 1 saturated carbocycles. The number of rotatable bonds is 9. The molecule has 2 aliphatic rings. The lowest BCUT2D eigenvalue weighted by molar-refractivity contribution is 0.267. The number of aromatic nitrogens is 3. The van der Waals surface area contributed by atoms with E-state index in [0.717, 1.165) is 43.2 Å². The molecule has 1 atom stereocenters. The van der Waals surface area contributed by atoms with Crippen molar-refractivity contribution in [2.24, 2.45) is 18.0 Å². The quantitative estimate of drug-likeness (QED) is 0.377. The van der Waals surface area contributed by atoms with Crippen LogP contribution in [0.15, 0.2) is 4.99 Å². The summed E-state index contributed by atoms with van der Waals surface area (Å²) in [4.78, 5) is 7.39. The van der Waals surface area contributed by atoms with Crippen molar-refractivity contribution in [1.29, 1.82) is 0 Å². The normalized spacial score (nSPS) is 21.6. The number of hydrogen-bond donors (Lipinski definition) is 2. The van der Waals surface area contributed by atoms with Crippen LogP contribution in [0.3, 0.4) is 0 Å². The number of aliphatic imine (C=N–C) groups is 1. The van der Waals surface area contributed by atoms with E-state index >= 15 is 0 Å². The van der Waals surface area contributed by atoms with Gasteiger partial charge in [0.05, 0.1) is 0 Å². The predicted octanol–water partition coefficient (Wildman–Crippen LogP) is 3.00. The summed E-state index contributed by atoms with van der Waals surface area (Å²) in [5.74, 6) is 3.69. The molecular formula is C22H41N7. The highest BCUT2D eigenvalue weighted by molar-refractivity contribution is 5.79. The third kappa shape index (κ3) is 6.69. The van der Waals surface area contributed by atoms with Crippen molar-refractivity contribution in [3.63, 3.8) is 0 Å². The van der Waals surface area contributed by atoms with Crippen molar-refractivity contribution >= 4 is 5.96 Å². The Hall–Kier alpha value is -1.63. The minimum Gasteiger partial charge on any atom is -0.356 e. The average Bonchev–Trinajstić information content (AvgIpc) is 3.34. The number of likely N-dealkylation sites (tertiary alicyclic amines) is 1. The second-order valence-electron chi connectivity index (χ2n) is 8.77. The Bertz CT molecular complexity index is 633. The Balaban J connectivity index is 1.50. The first kappa shape index (κ1) is 22.1. The molecule has 7 nitrogen and oxygen atoms in total. The molecule has 29 heavy (non-hydrogen) atoms. The molecule has 1 unspecified atom stereocenters. The molecule has 1 aromatic heterocycles. The lowest BCUT2D eigenvalue weighted by atomic mass is 9.86. The number of hydrogen-bond acceptors (Lipinski definition) is 4. The highest BCUT2D eigenvalue weighted by Gasteiger charge is 2.22. The standard InChI is InChI=1S/C22H41N7/c1-4-29-15-9-13-20(29)16-24-22(25-17-21-27-26-18(2)28(21)3)23-14-8-12-19-10-6-5-7-11-19/h19-20H,4-17H2,1-3H3,(H2,23,24,25). The average molecular weight is 404 g/mol. The fraction of sp³-hybridized carbons (Fsp3) is 0.864. The lowest BCUT2D eigenvalue weighted by Gasteiger charge is -2.24. The molecular weight excluding hydrogens is 362 g/mol. The van der Waals surface area contributed by atoms with Gasteiger partial charge in [-0.1, -0.05) is 39.0 Å². The monoisotopic (exact) mass is 403 g/mol. The Morgan fingerprint density at radius 2 is 1.93 bits per heavy atom. The van der Waals surface area contributed by atoms with Gasteiger partial charge in [-0.05, 0) is 51.6 Å². The number of likely N-dealkylation sites (N-methyl/N-ethyl adjacent to an activating group) is 1. The predicted molar refractivity (Wildman–Crippen MR) is 119 cm³/mol. The fourth-order valence-corrected chi connectivity index (χ4v) is 4.74. The van der Waals surface area contributed by atoms with Gasteiger partial charge < -0.3 is 15.2 Å². The van der Waals surface area contributed by atoms with Gasteiger partial charge in [0.1, 0.15) is 12.4 Å². The highest BCUT2D eigenvalue weighted by Crippen LogP contribution is 2.26. The smallest absolute Gasteiger partial charge is 0.191 e. The van der Waals surface area contributed by atoms with Crippen molar-refractivity contribution in [3.8, 4) is 0 Å². The van der Waals surface area contributed by atoms with Crippen molar-refractivity contribution < 1.29 is 0 Å². The summed E-state index contributed by atoms with van der Waals surface area (Å²) in [5.41, 5.74) is 0. The van der Waals surface area contributed by atoms with Crippen LogP contribution >= 0.6 is 0 Å². The summed E-state index contributed by atoms with van der Waals surface area (Å²) in [7, 11) is 2.00. The lowest BCUT2D eigenvalue weighted by Crippen LogP contribution is -2.45. The number of guanidine groups is 1. The SMILES string of the molecule is CCN1CCCC1CNC(=NCc1nnc(C)n1C)NCCCC1CCCCC1. The second-order valence-corrected chi connectivity index (χ2v) is 8.77. The molecule has 0 amide bonds. The maximum absolute atomic E-state index is 4.82. The van der Waals surface area contributed by atoms with E-state index < -0.39 is 0 Å². The van der Waals surface area contributed by atoms with Crippen LogP contribution in [0, 0.1) is 12.8 Å². The van der Waals surface area contributed by atoms with E-state index in [1.54, 1.807) is 0 Å². The van der Waals surface area contributed by atoms with Gasteiger partial charge in [-0.25, -0.2) is 4.99 Å². The van der Waals surface area contributed by atoms with Gasteiger partial charge in [-0.3, -0.25) is 4.90 Å². The zero-order valence-corrected chi connectivity index (χ0v) is 18.8. The van der Waals surface area contributed by atoms with Crippen LogP contribution < -0.4 is 10.6 Å². The molecule has 7 heteroatoms. The molecule has 0 aromatic carbocycles. The Morgan fingerprint density at radius 1 is 1.10 bits per heavy atom. The van der Waals surface area contributed by atoms with E-state index in [9.17, 15) is 0 Å². The van der Waals surface area contributed by atoms with Gasteiger partial charge in [-0.15, -0.1) is 10.2 Å². The zero-order valence-electron chi connectivity index (χ0n) is 18.8. The summed E-state index contributed by atoms with van der Waals surface area (Å²) < 4.78 is 2.01. The van der Waals surface area contributed by atoms with Crippen LogP contribution in [-0.2, 0) is 13.6 Å². The molecule has 1 aliphatic carbocycles. The molecule has 0 radical (unpaired) electrons. The summed E-state index contributed by atoms with van der Waals surface area (Å²) in [6.07, 6.45) is 12.3. The maximum Gasteiger partial charge on any atom is 0.191 e. The number of nitrogens with one attached hydrogen (secondary N) is 2. The van der Waals surface area contributed by atoms with E-state index in [2.05, 4.69) is 32.7 Å². The van der Waals surface area contributed by atoms with Gasteiger partial charge in [0.15, 0.2) is 11.8 Å². The summed E-state index contributed by atoms with van der Waals surface area (Å²) in [6, 6.07) is 0.617. The molecule has 3 rings (SSSR count). The Kier molecular flexibility index (Phi) is 8.77. The summed E-state index contributed by atoms with van der Waals surface area (Å²) >= 11 is 0. The van der Waals surface area contributed by atoms with Crippen LogP contribution in [0.4, 0.5) is 0 Å². The van der Waals surface area contributed by atoms with E-state index in [4.69, 9.17) is 4.99 Å². The minimum absolute atomic E-state index is 0.553. The summed E-state index contributed by atoms with van der Waals surface area (Å²) in [5, 5.41) is 15.6. The van der Waals surface area contributed by atoms with Crippen molar-refractivity contribution in [1.82, 2.24) is 30.3 Å². The molecule has 0 bridgehead atoms. The van der Waals surface area contributed by atoms with Crippen LogP contribution in [0.1, 0.15) is 76.4 Å². The third-order valence-corrected chi connectivity index (χ3v) is 6.78. The second kappa shape index (κ2) is 11.5. The van der Waals surface area contributed by atoms with Crippen LogP contribution in [0.25, 0.3) is 0 Å². The van der Waals surface area contributed by atoms with Crippen LogP contribution in [0.5, 0.6) is 0 Å². The molecule has 1 saturated heterocycles. The van der Waals surface area contributed by atoms with Crippen LogP contribution in [0.2, 0.25) is 0 Å².